The van der Waals surface area contributed by atoms with Gasteiger partial charge in [-0.3, -0.25) is 19.2 Å². The molecular formula is C28H32N6O8. The second-order valence-corrected chi connectivity index (χ2v) is 9.18. The molecule has 1 aromatic heterocycles. The highest BCUT2D eigenvalue weighted by Gasteiger charge is 2.25. The Labute approximate surface area is 241 Å². The van der Waals surface area contributed by atoms with Gasteiger partial charge in [-0.05, 0) is 11.1 Å². The van der Waals surface area contributed by atoms with Gasteiger partial charge in [0.25, 0.3) is 11.8 Å². The molecule has 0 bridgehead atoms. The van der Waals surface area contributed by atoms with E-state index >= 15 is 0 Å². The minimum absolute atomic E-state index is 0.165. The molecule has 0 saturated heterocycles. The van der Waals surface area contributed by atoms with Crippen molar-refractivity contribution in [1.29, 1.82) is 0 Å². The number of nitrogens with one attached hydrogen (secondary N) is 2. The van der Waals surface area contributed by atoms with Gasteiger partial charge in [-0.1, -0.05) is 60.7 Å². The van der Waals surface area contributed by atoms with E-state index in [1.54, 1.807) is 0 Å². The van der Waals surface area contributed by atoms with Gasteiger partial charge in [-0.15, -0.1) is 0 Å². The van der Waals surface area contributed by atoms with Crippen LogP contribution in [-0.2, 0) is 32.3 Å². The van der Waals surface area contributed by atoms with Crippen molar-refractivity contribution in [3.05, 3.63) is 83.2 Å². The van der Waals surface area contributed by atoms with Crippen LogP contribution in [0.15, 0.2) is 60.7 Å². The van der Waals surface area contributed by atoms with Crippen molar-refractivity contribution in [3.63, 3.8) is 0 Å². The second kappa shape index (κ2) is 15.6. The van der Waals surface area contributed by atoms with Gasteiger partial charge >= 0.3 is 11.9 Å². The molecule has 0 aliphatic rings. The fourth-order valence-electron chi connectivity index (χ4n) is 3.62. The number of carboxylic acid groups (broad SMARTS) is 2. The van der Waals surface area contributed by atoms with E-state index in [2.05, 4.69) is 20.6 Å². The summed E-state index contributed by atoms with van der Waals surface area (Å²) in [7, 11) is 0. The monoisotopic (exact) mass is 580 g/mol. The maximum atomic E-state index is 12.7. The third kappa shape index (κ3) is 9.53. The SMILES string of the molecule is Nc1nc(C(=O)NC[C@H](COCc2ccccc2)C(=O)O)c(N)nc1C(=O)NCC(COCc1ccccc1)C(=O)O. The zero-order valence-corrected chi connectivity index (χ0v) is 22.6. The van der Waals surface area contributed by atoms with Crippen molar-refractivity contribution in [2.24, 2.45) is 11.8 Å². The van der Waals surface area contributed by atoms with Crippen LogP contribution >= 0.6 is 0 Å². The predicted molar refractivity (Wildman–Crippen MR) is 150 cm³/mol. The van der Waals surface area contributed by atoms with Crippen LogP contribution in [0.4, 0.5) is 11.6 Å². The maximum absolute atomic E-state index is 12.7. The van der Waals surface area contributed by atoms with E-state index in [0.717, 1.165) is 11.1 Å². The zero-order valence-electron chi connectivity index (χ0n) is 22.6. The van der Waals surface area contributed by atoms with Crippen LogP contribution in [0.2, 0.25) is 0 Å². The number of hydrogen-bond acceptors (Lipinski definition) is 10. The standard InChI is InChI=1S/C28H32N6O8/c29-23-21(25(35)31-11-19(27(37)38)15-41-13-17-7-3-1-4-8-17)33-24(30)22(34-23)26(36)32-12-20(28(39)40)16-42-14-18-9-5-2-6-10-18/h1-10,19-20H,11-16H2,(H2,30,33)(H2,29,34)(H,31,35)(H,32,36)(H,37,38)(H,39,40)/t19-,20?/m1/s1. The molecule has 2 atom stereocenters. The first-order valence-corrected chi connectivity index (χ1v) is 12.8. The zero-order chi connectivity index (χ0) is 30.5. The normalized spacial score (nSPS) is 12.2. The number of nitrogens with zero attached hydrogens (tertiary/aromatic N) is 2. The van der Waals surface area contributed by atoms with Crippen molar-refractivity contribution in [1.82, 2.24) is 20.6 Å². The Bertz CT molecular complexity index is 1270. The third-order valence-corrected chi connectivity index (χ3v) is 5.96. The molecule has 0 aliphatic carbocycles. The lowest BCUT2D eigenvalue weighted by Gasteiger charge is -2.15. The summed E-state index contributed by atoms with van der Waals surface area (Å²) in [5.41, 5.74) is 12.6. The van der Waals surface area contributed by atoms with Crippen molar-refractivity contribution < 1.29 is 38.9 Å². The van der Waals surface area contributed by atoms with E-state index in [1.807, 2.05) is 60.7 Å². The predicted octanol–water partition coefficient (Wildman–Crippen LogP) is 0.936. The van der Waals surface area contributed by atoms with Gasteiger partial charge in [0.15, 0.2) is 23.0 Å². The molecule has 0 aliphatic heterocycles. The number of amides is 2. The highest BCUT2D eigenvalue weighted by molar-refractivity contribution is 6.01. The summed E-state index contributed by atoms with van der Waals surface area (Å²) in [5.74, 6) is -7.05. The van der Waals surface area contributed by atoms with Crippen molar-refractivity contribution in [2.75, 3.05) is 37.8 Å². The van der Waals surface area contributed by atoms with E-state index in [4.69, 9.17) is 20.9 Å². The van der Waals surface area contributed by atoms with Gasteiger partial charge in [-0.2, -0.15) is 0 Å². The van der Waals surface area contributed by atoms with E-state index in [1.165, 1.54) is 0 Å². The lowest BCUT2D eigenvalue weighted by Crippen LogP contribution is -2.37. The van der Waals surface area contributed by atoms with E-state index in [-0.39, 0.29) is 39.5 Å². The van der Waals surface area contributed by atoms with Gasteiger partial charge in [0.05, 0.1) is 38.3 Å². The molecule has 0 saturated carbocycles. The van der Waals surface area contributed by atoms with Crippen LogP contribution in [0.1, 0.15) is 32.1 Å². The second-order valence-electron chi connectivity index (χ2n) is 9.18. The molecule has 42 heavy (non-hydrogen) atoms. The van der Waals surface area contributed by atoms with Gasteiger partial charge in [0.1, 0.15) is 0 Å². The van der Waals surface area contributed by atoms with Crippen molar-refractivity contribution >= 4 is 35.4 Å². The highest BCUT2D eigenvalue weighted by atomic mass is 16.5. The summed E-state index contributed by atoms with van der Waals surface area (Å²) in [4.78, 5) is 56.3. The number of nitrogens with two attached hydrogens (primary N) is 2. The van der Waals surface area contributed by atoms with Crippen LogP contribution in [0.3, 0.4) is 0 Å². The average molecular weight is 581 g/mol. The number of carbonyl (C=O) groups is 4. The number of benzene rings is 2. The van der Waals surface area contributed by atoms with E-state index < -0.39 is 58.6 Å². The first-order valence-electron chi connectivity index (χ1n) is 12.8. The molecule has 3 rings (SSSR count). The molecular weight excluding hydrogens is 548 g/mol. The maximum Gasteiger partial charge on any atom is 0.310 e. The Kier molecular flexibility index (Phi) is 11.7. The number of aromatic nitrogens is 2. The molecule has 222 valence electrons. The number of carbonyl (C=O) groups excluding carboxylic acids is 2. The van der Waals surface area contributed by atoms with Crippen molar-refractivity contribution in [2.45, 2.75) is 13.2 Å². The topological polar surface area (TPSA) is 229 Å². The minimum atomic E-state index is -1.18. The van der Waals surface area contributed by atoms with E-state index in [0.29, 0.717) is 0 Å². The molecule has 14 heteroatoms. The van der Waals surface area contributed by atoms with Gasteiger partial charge < -0.3 is 41.8 Å². The largest absolute Gasteiger partial charge is 0.481 e. The van der Waals surface area contributed by atoms with E-state index in [9.17, 15) is 29.4 Å². The Morgan fingerprint density at radius 2 is 1.02 bits per heavy atom. The summed E-state index contributed by atoms with van der Waals surface area (Å²) >= 11 is 0. The molecule has 0 radical (unpaired) electrons. The van der Waals surface area contributed by atoms with Gasteiger partial charge in [-0.25, -0.2) is 9.97 Å². The number of aliphatic carboxylic acids is 2. The molecule has 1 heterocycles. The summed E-state index contributed by atoms with van der Waals surface area (Å²) < 4.78 is 10.9. The lowest BCUT2D eigenvalue weighted by atomic mass is 10.1. The van der Waals surface area contributed by atoms with Crippen LogP contribution < -0.4 is 22.1 Å². The average Bonchev–Trinajstić information content (AvgIpc) is 2.97. The molecule has 1 unspecified atom stereocenters. The van der Waals surface area contributed by atoms with Gasteiger partial charge in [0, 0.05) is 13.1 Å². The summed E-state index contributed by atoms with van der Waals surface area (Å²) in [5, 5.41) is 23.8. The number of hydrogen-bond donors (Lipinski definition) is 6. The van der Waals surface area contributed by atoms with Crippen LogP contribution in [0, 0.1) is 11.8 Å². The Morgan fingerprint density at radius 3 is 1.36 bits per heavy atom. The first kappa shape index (κ1) is 31.4. The first-order chi connectivity index (χ1) is 20.2. The summed E-state index contributed by atoms with van der Waals surface area (Å²) in [6.45, 7) is -0.524. The molecule has 0 fully saturated rings. The third-order valence-electron chi connectivity index (χ3n) is 5.96. The number of nitrogen functional groups attached to an aromatic ring is 2. The Hall–Kier alpha value is -5.08. The summed E-state index contributed by atoms with van der Waals surface area (Å²) in [6.07, 6.45) is 0. The number of carboxylic acids is 2. The van der Waals surface area contributed by atoms with Crippen LogP contribution in [-0.4, -0.2) is 70.2 Å². The lowest BCUT2D eigenvalue weighted by molar-refractivity contribution is -0.144. The Balaban J connectivity index is 1.53. The molecule has 8 N–H and O–H groups in total. The highest BCUT2D eigenvalue weighted by Crippen LogP contribution is 2.14. The minimum Gasteiger partial charge on any atom is -0.481 e. The molecule has 2 aromatic carbocycles. The van der Waals surface area contributed by atoms with Gasteiger partial charge in [0.2, 0.25) is 0 Å². The van der Waals surface area contributed by atoms with Crippen molar-refractivity contribution in [3.8, 4) is 0 Å². The number of ether oxygens (including phenoxy) is 2. The summed E-state index contributed by atoms with van der Waals surface area (Å²) in [6, 6.07) is 18.3. The van der Waals surface area contributed by atoms with Crippen LogP contribution in [0.5, 0.6) is 0 Å². The fourth-order valence-corrected chi connectivity index (χ4v) is 3.62. The molecule has 14 nitrogen and oxygen atoms in total. The quantitative estimate of drug-likeness (QED) is 0.139. The Morgan fingerprint density at radius 1 is 0.667 bits per heavy atom. The smallest absolute Gasteiger partial charge is 0.310 e. The fraction of sp³-hybridized carbons (Fsp3) is 0.286. The number of anilines is 2. The van der Waals surface area contributed by atoms with Crippen LogP contribution in [0.25, 0.3) is 0 Å². The number of rotatable bonds is 16. The molecule has 2 amide bonds. The molecule has 0 spiro atoms. The molecule has 3 aromatic rings.